The van der Waals surface area contributed by atoms with E-state index in [1.54, 1.807) is 6.07 Å². The van der Waals surface area contributed by atoms with Crippen molar-refractivity contribution in [3.63, 3.8) is 0 Å². The van der Waals surface area contributed by atoms with Gasteiger partial charge in [0.25, 0.3) is 5.91 Å². The van der Waals surface area contributed by atoms with Crippen LogP contribution in [0.15, 0.2) is 16.3 Å². The molecule has 17 heavy (non-hydrogen) atoms. The Labute approximate surface area is 112 Å². The van der Waals surface area contributed by atoms with E-state index in [9.17, 15) is 4.79 Å². The Kier molecular flexibility index (Phi) is 6.02. The number of carbonyl (C=O) groups excluding carboxylic acids is 1. The second-order valence-electron chi connectivity index (χ2n) is 4.15. The Hall–Kier alpha value is -0.520. The predicted octanol–water partition coefficient (Wildman–Crippen LogP) is 2.83. The minimum absolute atomic E-state index is 0.0475. The van der Waals surface area contributed by atoms with Crippen LogP contribution in [-0.4, -0.2) is 25.2 Å². The molecule has 0 saturated heterocycles. The molecule has 1 aromatic heterocycles. The summed E-state index contributed by atoms with van der Waals surface area (Å²) in [4.78, 5) is 13.5. The number of thiol groups is 1. The van der Waals surface area contributed by atoms with Crippen LogP contribution in [0.25, 0.3) is 0 Å². The highest BCUT2D eigenvalue weighted by atomic mass is 32.1. The summed E-state index contributed by atoms with van der Waals surface area (Å²) in [5.41, 5.74) is 0. The summed E-state index contributed by atoms with van der Waals surface area (Å²) in [5, 5.41) is 4.85. The zero-order valence-corrected chi connectivity index (χ0v) is 12.1. The molecule has 0 aromatic carbocycles. The van der Waals surface area contributed by atoms with E-state index >= 15 is 0 Å². The first-order valence-electron chi connectivity index (χ1n) is 5.70. The van der Waals surface area contributed by atoms with Gasteiger partial charge < -0.3 is 10.1 Å². The fourth-order valence-electron chi connectivity index (χ4n) is 1.33. The van der Waals surface area contributed by atoms with Crippen LogP contribution < -0.4 is 5.32 Å². The van der Waals surface area contributed by atoms with E-state index in [0.717, 1.165) is 4.90 Å². The molecule has 1 amide bonds. The Morgan fingerprint density at radius 3 is 2.76 bits per heavy atom. The molecule has 96 valence electrons. The summed E-state index contributed by atoms with van der Waals surface area (Å²) in [6.45, 7) is 7.31. The Bertz CT molecular complexity index is 363. The summed E-state index contributed by atoms with van der Waals surface area (Å²) >= 11 is 5.60. The normalized spacial score (nSPS) is 12.8. The summed E-state index contributed by atoms with van der Waals surface area (Å²) in [6, 6.07) is 1.83. The third kappa shape index (κ3) is 4.69. The van der Waals surface area contributed by atoms with E-state index in [-0.39, 0.29) is 11.9 Å². The lowest BCUT2D eigenvalue weighted by atomic mass is 10.1. The van der Waals surface area contributed by atoms with Gasteiger partial charge in [-0.1, -0.05) is 13.8 Å². The van der Waals surface area contributed by atoms with Gasteiger partial charge in [-0.2, -0.15) is 0 Å². The van der Waals surface area contributed by atoms with Crippen LogP contribution in [-0.2, 0) is 4.74 Å². The maximum atomic E-state index is 11.9. The molecule has 1 aromatic rings. The molecular weight excluding hydrogens is 254 g/mol. The fourth-order valence-corrected chi connectivity index (χ4v) is 2.38. The highest BCUT2D eigenvalue weighted by Gasteiger charge is 2.18. The lowest BCUT2D eigenvalue weighted by Crippen LogP contribution is -2.41. The highest BCUT2D eigenvalue weighted by Crippen LogP contribution is 2.17. The van der Waals surface area contributed by atoms with Crippen molar-refractivity contribution in [2.45, 2.75) is 31.7 Å². The van der Waals surface area contributed by atoms with Gasteiger partial charge >= 0.3 is 0 Å². The topological polar surface area (TPSA) is 38.3 Å². The molecule has 1 heterocycles. The van der Waals surface area contributed by atoms with Gasteiger partial charge in [0.1, 0.15) is 0 Å². The molecule has 0 saturated carbocycles. The molecule has 0 aliphatic heterocycles. The summed E-state index contributed by atoms with van der Waals surface area (Å²) in [6.07, 6.45) is 0. The molecule has 5 heteroatoms. The van der Waals surface area contributed by atoms with Crippen LogP contribution >= 0.6 is 24.0 Å². The average molecular weight is 273 g/mol. The lowest BCUT2D eigenvalue weighted by molar-refractivity contribution is 0.0809. The van der Waals surface area contributed by atoms with Gasteiger partial charge in [0, 0.05) is 16.9 Å². The van der Waals surface area contributed by atoms with Crippen molar-refractivity contribution in [2.75, 3.05) is 13.2 Å². The highest BCUT2D eigenvalue weighted by molar-refractivity contribution is 7.80. The van der Waals surface area contributed by atoms with Gasteiger partial charge in [-0.3, -0.25) is 4.79 Å². The summed E-state index contributed by atoms with van der Waals surface area (Å²) in [7, 11) is 0. The third-order valence-corrected chi connectivity index (χ3v) is 3.79. The van der Waals surface area contributed by atoms with Gasteiger partial charge in [-0.05, 0) is 18.9 Å². The number of ether oxygens (including phenoxy) is 1. The van der Waals surface area contributed by atoms with Crippen LogP contribution in [0.2, 0.25) is 0 Å². The van der Waals surface area contributed by atoms with E-state index in [0.29, 0.717) is 24.0 Å². The van der Waals surface area contributed by atoms with Crippen molar-refractivity contribution < 1.29 is 9.53 Å². The van der Waals surface area contributed by atoms with Crippen molar-refractivity contribution in [3.8, 4) is 0 Å². The number of rotatable bonds is 6. The monoisotopic (exact) mass is 273 g/mol. The van der Waals surface area contributed by atoms with Crippen LogP contribution in [0.5, 0.6) is 0 Å². The van der Waals surface area contributed by atoms with Crippen LogP contribution in [0.1, 0.15) is 30.4 Å². The molecule has 0 radical (unpaired) electrons. The van der Waals surface area contributed by atoms with Crippen LogP contribution in [0.4, 0.5) is 0 Å². The fraction of sp³-hybridized carbons (Fsp3) is 0.583. The Morgan fingerprint density at radius 1 is 1.59 bits per heavy atom. The van der Waals surface area contributed by atoms with Crippen molar-refractivity contribution in [3.05, 3.63) is 16.3 Å². The van der Waals surface area contributed by atoms with Gasteiger partial charge in [-0.15, -0.1) is 24.0 Å². The minimum Gasteiger partial charge on any atom is -0.380 e. The second-order valence-corrected chi connectivity index (χ2v) is 5.58. The predicted molar refractivity (Wildman–Crippen MR) is 74.2 cm³/mol. The third-order valence-electron chi connectivity index (χ3n) is 2.43. The standard InChI is InChI=1S/C12H19NO2S2/c1-4-15-6-10(8(2)3)13-12(14)11-5-9(16)7-17-11/h5,7-8,10,16H,4,6H2,1-3H3,(H,13,14). The van der Waals surface area contributed by atoms with Gasteiger partial charge in [-0.25, -0.2) is 0 Å². The average Bonchev–Trinajstić information content (AvgIpc) is 2.70. The summed E-state index contributed by atoms with van der Waals surface area (Å²) < 4.78 is 5.37. The Morgan fingerprint density at radius 2 is 2.29 bits per heavy atom. The largest absolute Gasteiger partial charge is 0.380 e. The first kappa shape index (κ1) is 14.5. The molecule has 1 rings (SSSR count). The first-order chi connectivity index (χ1) is 8.04. The maximum absolute atomic E-state index is 11.9. The molecule has 1 unspecified atom stereocenters. The second kappa shape index (κ2) is 7.03. The molecule has 0 fully saturated rings. The van der Waals surface area contributed by atoms with Gasteiger partial charge in [0.05, 0.1) is 17.5 Å². The quantitative estimate of drug-likeness (QED) is 0.782. The molecule has 0 spiro atoms. The van der Waals surface area contributed by atoms with E-state index in [1.165, 1.54) is 11.3 Å². The van der Waals surface area contributed by atoms with Gasteiger partial charge in [0.15, 0.2) is 0 Å². The van der Waals surface area contributed by atoms with Gasteiger partial charge in [0.2, 0.25) is 0 Å². The number of hydrogen-bond donors (Lipinski definition) is 2. The van der Waals surface area contributed by atoms with Crippen molar-refractivity contribution in [1.82, 2.24) is 5.32 Å². The number of hydrogen-bond acceptors (Lipinski definition) is 4. The molecule has 0 aliphatic rings. The van der Waals surface area contributed by atoms with Crippen LogP contribution in [0, 0.1) is 5.92 Å². The van der Waals surface area contributed by atoms with Crippen molar-refractivity contribution in [1.29, 1.82) is 0 Å². The molecule has 1 N–H and O–H groups in total. The molecular formula is C12H19NO2S2. The smallest absolute Gasteiger partial charge is 0.261 e. The summed E-state index contributed by atoms with van der Waals surface area (Å²) in [5.74, 6) is 0.301. The number of nitrogens with one attached hydrogen (secondary N) is 1. The van der Waals surface area contributed by atoms with E-state index in [2.05, 4.69) is 31.8 Å². The first-order valence-corrected chi connectivity index (χ1v) is 7.03. The maximum Gasteiger partial charge on any atom is 0.261 e. The SMILES string of the molecule is CCOCC(NC(=O)c1cc(S)cs1)C(C)C. The molecule has 1 atom stereocenters. The zero-order valence-electron chi connectivity index (χ0n) is 10.4. The van der Waals surface area contributed by atoms with E-state index in [1.807, 2.05) is 12.3 Å². The molecule has 0 aliphatic carbocycles. The van der Waals surface area contributed by atoms with Crippen LogP contribution in [0.3, 0.4) is 0 Å². The van der Waals surface area contributed by atoms with Crippen molar-refractivity contribution >= 4 is 29.9 Å². The van der Waals surface area contributed by atoms with E-state index < -0.39 is 0 Å². The Balaban J connectivity index is 2.57. The molecule has 3 nitrogen and oxygen atoms in total. The molecule has 0 bridgehead atoms. The van der Waals surface area contributed by atoms with E-state index in [4.69, 9.17) is 4.74 Å². The zero-order chi connectivity index (χ0) is 12.8. The number of carbonyl (C=O) groups is 1. The number of amides is 1. The van der Waals surface area contributed by atoms with Crippen molar-refractivity contribution in [2.24, 2.45) is 5.92 Å². The minimum atomic E-state index is -0.0475. The number of thiophene rings is 1. The lowest BCUT2D eigenvalue weighted by Gasteiger charge is -2.21.